The third-order valence-corrected chi connectivity index (χ3v) is 5.04. The summed E-state index contributed by atoms with van der Waals surface area (Å²) in [6.07, 6.45) is 5.70. The Balaban J connectivity index is 1.59. The molecule has 1 aliphatic carbocycles. The van der Waals surface area contributed by atoms with Gasteiger partial charge in [0, 0.05) is 26.2 Å². The third kappa shape index (κ3) is 3.29. The van der Waals surface area contributed by atoms with Gasteiger partial charge in [0.2, 0.25) is 0 Å². The predicted molar refractivity (Wildman–Crippen MR) is 98.8 cm³/mol. The topological polar surface area (TPSA) is 85.2 Å². The van der Waals surface area contributed by atoms with Gasteiger partial charge in [-0.3, -0.25) is 4.79 Å². The van der Waals surface area contributed by atoms with Gasteiger partial charge in [-0.15, -0.1) is 0 Å². The van der Waals surface area contributed by atoms with Crippen molar-refractivity contribution in [3.05, 3.63) is 40.1 Å². The van der Waals surface area contributed by atoms with Crippen molar-refractivity contribution in [1.29, 1.82) is 0 Å². The molecule has 2 aliphatic rings. The van der Waals surface area contributed by atoms with Crippen LogP contribution in [-0.4, -0.2) is 53.1 Å². The molecule has 1 fully saturated rings. The number of aryl methyl sites for hydroxylation is 2. The second kappa shape index (κ2) is 7.03. The van der Waals surface area contributed by atoms with Gasteiger partial charge in [-0.25, -0.2) is 14.6 Å². The van der Waals surface area contributed by atoms with Gasteiger partial charge in [0.05, 0.1) is 24.9 Å². The Labute approximate surface area is 152 Å². The van der Waals surface area contributed by atoms with Crippen LogP contribution < -0.4 is 15.8 Å². The van der Waals surface area contributed by atoms with E-state index in [1.54, 1.807) is 10.7 Å². The summed E-state index contributed by atoms with van der Waals surface area (Å²) in [6, 6.07) is 3.43. The number of hydrogen-bond donors (Lipinski definition) is 1. The van der Waals surface area contributed by atoms with Crippen LogP contribution in [0.3, 0.4) is 0 Å². The first kappa shape index (κ1) is 17.0. The van der Waals surface area contributed by atoms with E-state index in [9.17, 15) is 4.79 Å². The van der Waals surface area contributed by atoms with E-state index in [0.717, 1.165) is 48.6 Å². The summed E-state index contributed by atoms with van der Waals surface area (Å²) >= 11 is 0. The average molecular weight is 356 g/mol. The molecule has 8 nitrogen and oxygen atoms in total. The summed E-state index contributed by atoms with van der Waals surface area (Å²) in [5, 5.41) is 8.07. The molecule has 2 atom stereocenters. The summed E-state index contributed by atoms with van der Waals surface area (Å²) in [5.41, 5.74) is 2.11. The lowest BCUT2D eigenvalue weighted by atomic mass is 9.97. The molecule has 1 saturated heterocycles. The SMILES string of the molecule is CN(C)c1cc(NC2COCC2n2nc3c(cc2=O)CCCC3)ncn1. The Hall–Kier alpha value is -2.48. The molecular formula is C18H24N6O2. The molecule has 4 rings (SSSR count). The molecule has 2 aromatic rings. The zero-order chi connectivity index (χ0) is 18.1. The molecule has 3 heterocycles. The number of anilines is 2. The van der Waals surface area contributed by atoms with Crippen LogP contribution in [0.25, 0.3) is 0 Å². The first-order chi connectivity index (χ1) is 12.6. The Morgan fingerprint density at radius 1 is 1.19 bits per heavy atom. The molecule has 0 saturated carbocycles. The molecule has 1 N–H and O–H groups in total. The number of hydrogen-bond acceptors (Lipinski definition) is 7. The molecule has 0 spiro atoms. The van der Waals surface area contributed by atoms with Gasteiger partial charge in [-0.2, -0.15) is 5.10 Å². The molecule has 0 bridgehead atoms. The van der Waals surface area contributed by atoms with Gasteiger partial charge in [0.15, 0.2) is 0 Å². The van der Waals surface area contributed by atoms with Crippen LogP contribution in [0.4, 0.5) is 11.6 Å². The highest BCUT2D eigenvalue weighted by Crippen LogP contribution is 2.24. The smallest absolute Gasteiger partial charge is 0.267 e. The van der Waals surface area contributed by atoms with Crippen LogP contribution >= 0.6 is 0 Å². The average Bonchev–Trinajstić information content (AvgIpc) is 3.09. The Kier molecular flexibility index (Phi) is 4.58. The number of rotatable bonds is 4. The summed E-state index contributed by atoms with van der Waals surface area (Å²) in [7, 11) is 3.87. The second-order valence-electron chi connectivity index (χ2n) is 7.12. The Bertz CT molecular complexity index is 850. The number of ether oxygens (including phenoxy) is 1. The molecule has 0 aromatic carbocycles. The second-order valence-corrected chi connectivity index (χ2v) is 7.12. The summed E-state index contributed by atoms with van der Waals surface area (Å²) in [6.45, 7) is 0.978. The minimum Gasteiger partial charge on any atom is -0.377 e. The molecule has 26 heavy (non-hydrogen) atoms. The van der Waals surface area contributed by atoms with Crippen molar-refractivity contribution in [2.75, 3.05) is 37.5 Å². The van der Waals surface area contributed by atoms with E-state index in [2.05, 4.69) is 20.4 Å². The van der Waals surface area contributed by atoms with Crippen molar-refractivity contribution < 1.29 is 4.74 Å². The van der Waals surface area contributed by atoms with E-state index in [1.165, 1.54) is 6.33 Å². The molecule has 138 valence electrons. The standard InChI is InChI=1S/C18H24N6O2/c1-23(2)17-8-16(19-11-20-17)21-14-9-26-10-15(14)24-18(25)7-12-5-3-4-6-13(12)22-24/h7-8,11,14-15H,3-6,9-10H2,1-2H3,(H,19,20,21). The number of nitrogens with zero attached hydrogens (tertiary/aromatic N) is 5. The van der Waals surface area contributed by atoms with Crippen LogP contribution in [0.2, 0.25) is 0 Å². The van der Waals surface area contributed by atoms with Gasteiger partial charge < -0.3 is 15.0 Å². The minimum atomic E-state index is -0.146. The maximum Gasteiger partial charge on any atom is 0.267 e. The van der Waals surface area contributed by atoms with Gasteiger partial charge in [-0.05, 0) is 31.2 Å². The van der Waals surface area contributed by atoms with E-state index in [4.69, 9.17) is 4.74 Å². The molecular weight excluding hydrogens is 332 g/mol. The Morgan fingerprint density at radius 2 is 2.04 bits per heavy atom. The lowest BCUT2D eigenvalue weighted by molar-refractivity contribution is 0.182. The van der Waals surface area contributed by atoms with Gasteiger partial charge in [-0.1, -0.05) is 0 Å². The fraction of sp³-hybridized carbons (Fsp3) is 0.556. The molecule has 0 amide bonds. The lowest BCUT2D eigenvalue weighted by Crippen LogP contribution is -2.38. The third-order valence-electron chi connectivity index (χ3n) is 5.04. The number of nitrogens with one attached hydrogen (secondary N) is 1. The van der Waals surface area contributed by atoms with Crippen LogP contribution in [0.15, 0.2) is 23.3 Å². The Morgan fingerprint density at radius 3 is 2.88 bits per heavy atom. The van der Waals surface area contributed by atoms with Crippen molar-refractivity contribution >= 4 is 11.6 Å². The van der Waals surface area contributed by atoms with E-state index in [0.29, 0.717) is 13.2 Å². The summed E-state index contributed by atoms with van der Waals surface area (Å²) < 4.78 is 7.26. The molecule has 8 heteroatoms. The highest BCUT2D eigenvalue weighted by molar-refractivity contribution is 5.48. The maximum absolute atomic E-state index is 12.6. The highest BCUT2D eigenvalue weighted by Gasteiger charge is 2.32. The monoisotopic (exact) mass is 356 g/mol. The van der Waals surface area contributed by atoms with Gasteiger partial charge >= 0.3 is 0 Å². The van der Waals surface area contributed by atoms with Crippen molar-refractivity contribution in [1.82, 2.24) is 19.7 Å². The maximum atomic E-state index is 12.6. The first-order valence-electron chi connectivity index (χ1n) is 9.07. The molecule has 0 radical (unpaired) electrons. The summed E-state index contributed by atoms with van der Waals surface area (Å²) in [5.74, 6) is 1.54. The van der Waals surface area contributed by atoms with Crippen molar-refractivity contribution in [3.8, 4) is 0 Å². The van der Waals surface area contributed by atoms with Crippen LogP contribution in [0, 0.1) is 0 Å². The highest BCUT2D eigenvalue weighted by atomic mass is 16.5. The van der Waals surface area contributed by atoms with E-state index in [-0.39, 0.29) is 17.6 Å². The van der Waals surface area contributed by atoms with Gasteiger partial charge in [0.25, 0.3) is 5.56 Å². The number of fused-ring (bicyclic) bond motifs is 1. The van der Waals surface area contributed by atoms with E-state index in [1.807, 2.05) is 25.1 Å². The largest absolute Gasteiger partial charge is 0.377 e. The normalized spacial score (nSPS) is 22.1. The molecule has 2 aromatic heterocycles. The van der Waals surface area contributed by atoms with E-state index >= 15 is 0 Å². The molecule has 2 unspecified atom stereocenters. The van der Waals surface area contributed by atoms with Crippen molar-refractivity contribution in [3.63, 3.8) is 0 Å². The van der Waals surface area contributed by atoms with E-state index < -0.39 is 0 Å². The van der Waals surface area contributed by atoms with Crippen molar-refractivity contribution in [2.24, 2.45) is 0 Å². The van der Waals surface area contributed by atoms with Crippen molar-refractivity contribution in [2.45, 2.75) is 37.8 Å². The predicted octanol–water partition coefficient (Wildman–Crippen LogP) is 1.03. The zero-order valence-electron chi connectivity index (χ0n) is 15.2. The fourth-order valence-electron chi connectivity index (χ4n) is 3.60. The van der Waals surface area contributed by atoms with Gasteiger partial charge in [0.1, 0.15) is 24.0 Å². The lowest BCUT2D eigenvalue weighted by Gasteiger charge is -2.23. The van der Waals surface area contributed by atoms with Crippen LogP contribution in [0.1, 0.15) is 30.1 Å². The van der Waals surface area contributed by atoms with Crippen LogP contribution in [-0.2, 0) is 17.6 Å². The zero-order valence-corrected chi connectivity index (χ0v) is 15.2. The first-order valence-corrected chi connectivity index (χ1v) is 9.07. The summed E-state index contributed by atoms with van der Waals surface area (Å²) in [4.78, 5) is 23.0. The van der Waals surface area contributed by atoms with Crippen LogP contribution in [0.5, 0.6) is 0 Å². The quantitative estimate of drug-likeness (QED) is 0.876. The number of aromatic nitrogens is 4. The molecule has 1 aliphatic heterocycles. The fourth-order valence-corrected chi connectivity index (χ4v) is 3.60. The minimum absolute atomic E-state index is 0.0513.